The van der Waals surface area contributed by atoms with Crippen LogP contribution >= 0.6 is 0 Å². The molecule has 0 saturated heterocycles. The zero-order valence-corrected chi connectivity index (χ0v) is 18.0. The third kappa shape index (κ3) is 14.2. The fourth-order valence-corrected chi connectivity index (χ4v) is 3.95. The van der Waals surface area contributed by atoms with Gasteiger partial charge in [-0.3, -0.25) is 0 Å². The minimum absolute atomic E-state index is 0. The Bertz CT molecular complexity index is 367. The number of hydrogen-bond donors (Lipinski definition) is 1. The van der Waals surface area contributed by atoms with Crippen molar-refractivity contribution in [1.29, 1.82) is 0 Å². The number of benzene rings is 1. The zero-order valence-electron chi connectivity index (χ0n) is 15.5. The molecule has 0 saturated carbocycles. The Morgan fingerprint density at radius 1 is 0.708 bits per heavy atom. The Labute approximate surface area is 164 Å². The number of rotatable bonds is 15. The Morgan fingerprint density at radius 3 is 1.67 bits per heavy atom. The largest absolute Gasteiger partial charge is 1.00 e. The summed E-state index contributed by atoms with van der Waals surface area (Å²) < 4.78 is 0. The predicted octanol–water partition coefficient (Wildman–Crippen LogP) is 3.41. The van der Waals surface area contributed by atoms with Gasteiger partial charge in [0, 0.05) is 5.56 Å². The maximum Gasteiger partial charge on any atom is 0.130 e. The van der Waals surface area contributed by atoms with Gasteiger partial charge in [-0.2, -0.15) is 0 Å². The van der Waals surface area contributed by atoms with Crippen LogP contribution in [0.1, 0.15) is 89.5 Å². The topological polar surface area (TPSA) is 20.2 Å². The summed E-state index contributed by atoms with van der Waals surface area (Å²) in [5, 5.41) is 9.25. The van der Waals surface area contributed by atoms with Gasteiger partial charge in [-0.25, -0.2) is 0 Å². The zero-order chi connectivity index (χ0) is 16.6. The fourth-order valence-electron chi connectivity index (χ4n) is 2.87. The van der Waals surface area contributed by atoms with Crippen LogP contribution in [0.15, 0.2) is 24.3 Å². The van der Waals surface area contributed by atoms with Crippen molar-refractivity contribution in [3.8, 4) is 5.75 Å². The first-order chi connectivity index (χ1) is 11.3. The number of aromatic hydroxyl groups is 1. The van der Waals surface area contributed by atoms with Crippen molar-refractivity contribution >= 4 is 11.8 Å². The number of phenolic OH excluding ortho intramolecular Hbond substituents is 1. The molecular weight excluding hydrogens is 380 g/mol. The maximum absolute atomic E-state index is 9.25. The van der Waals surface area contributed by atoms with Gasteiger partial charge in [0.25, 0.3) is 0 Å². The lowest BCUT2D eigenvalue weighted by Crippen LogP contribution is -3.00. The smallest absolute Gasteiger partial charge is 0.130 e. The van der Waals surface area contributed by atoms with Crippen molar-refractivity contribution in [1.82, 2.24) is 0 Å². The number of thiol groups is 1. The van der Waals surface area contributed by atoms with Gasteiger partial charge in [0.05, 0.1) is 0 Å². The molecule has 0 aliphatic carbocycles. The molecular formula is C21H37BrOS. The molecule has 0 aliphatic rings. The van der Waals surface area contributed by atoms with E-state index in [1.54, 1.807) is 12.1 Å². The van der Waals surface area contributed by atoms with Gasteiger partial charge in [0.2, 0.25) is 0 Å². The molecule has 0 atom stereocenters. The minimum atomic E-state index is 0. The van der Waals surface area contributed by atoms with Crippen LogP contribution in [0.3, 0.4) is 0 Å². The number of unbranched alkanes of at least 4 members (excludes halogenated alkanes) is 11. The van der Waals surface area contributed by atoms with Crippen LogP contribution in [0.4, 0.5) is 0 Å². The molecule has 0 amide bonds. The van der Waals surface area contributed by atoms with Crippen molar-refractivity contribution in [3.05, 3.63) is 29.8 Å². The second-order valence-electron chi connectivity index (χ2n) is 6.66. The quantitative estimate of drug-likeness (QED) is 0.263. The SMILES string of the molecule is CCCCCCCCCCCCCC[SH+]Cc1ccc(O)cc1.[Br-]. The fraction of sp³-hybridized carbons (Fsp3) is 0.714. The van der Waals surface area contributed by atoms with Crippen molar-refractivity contribution in [2.75, 3.05) is 5.75 Å². The molecule has 1 N–H and O–H groups in total. The number of hydrogen-bond acceptors (Lipinski definition) is 1. The van der Waals surface area contributed by atoms with E-state index in [4.69, 9.17) is 0 Å². The third-order valence-corrected chi connectivity index (χ3v) is 5.62. The van der Waals surface area contributed by atoms with Gasteiger partial charge in [-0.1, -0.05) is 83.3 Å². The van der Waals surface area contributed by atoms with Crippen molar-refractivity contribution in [3.63, 3.8) is 0 Å². The molecule has 0 heterocycles. The molecule has 0 unspecified atom stereocenters. The highest BCUT2D eigenvalue weighted by Crippen LogP contribution is 2.13. The lowest BCUT2D eigenvalue weighted by Gasteiger charge is -2.02. The van der Waals surface area contributed by atoms with E-state index in [1.165, 1.54) is 100 Å². The van der Waals surface area contributed by atoms with Gasteiger partial charge >= 0.3 is 0 Å². The first-order valence-corrected chi connectivity index (χ1v) is 11.0. The maximum atomic E-state index is 9.25. The highest BCUT2D eigenvalue weighted by atomic mass is 79.9. The average Bonchev–Trinajstić information content (AvgIpc) is 2.57. The monoisotopic (exact) mass is 416 g/mol. The third-order valence-electron chi connectivity index (χ3n) is 4.40. The van der Waals surface area contributed by atoms with E-state index in [0.29, 0.717) is 5.75 Å². The second kappa shape index (κ2) is 17.7. The molecule has 24 heavy (non-hydrogen) atoms. The second-order valence-corrected chi connectivity index (χ2v) is 7.87. The Balaban J connectivity index is 0.00000529. The normalized spacial score (nSPS) is 10.5. The summed E-state index contributed by atoms with van der Waals surface area (Å²) in [5.74, 6) is 2.81. The lowest BCUT2D eigenvalue weighted by atomic mass is 10.1. The molecule has 1 rings (SSSR count). The number of halogens is 1. The highest BCUT2D eigenvalue weighted by Gasteiger charge is 2.01. The van der Waals surface area contributed by atoms with E-state index in [2.05, 4.69) is 6.92 Å². The summed E-state index contributed by atoms with van der Waals surface area (Å²) in [7, 11) is 0. The summed E-state index contributed by atoms with van der Waals surface area (Å²) in [6.07, 6.45) is 17.1. The first-order valence-electron chi connectivity index (χ1n) is 9.74. The summed E-state index contributed by atoms with van der Waals surface area (Å²) in [6, 6.07) is 7.64. The van der Waals surface area contributed by atoms with Gasteiger partial charge in [-0.15, -0.1) is 0 Å². The summed E-state index contributed by atoms with van der Waals surface area (Å²) >= 11 is 1.52. The van der Waals surface area contributed by atoms with E-state index in [1.807, 2.05) is 12.1 Å². The van der Waals surface area contributed by atoms with Gasteiger partial charge in [-0.05, 0) is 36.7 Å². The van der Waals surface area contributed by atoms with E-state index in [9.17, 15) is 5.11 Å². The summed E-state index contributed by atoms with van der Waals surface area (Å²) in [4.78, 5) is 0. The van der Waals surface area contributed by atoms with Crippen LogP contribution in [-0.4, -0.2) is 10.9 Å². The van der Waals surface area contributed by atoms with Crippen LogP contribution in [-0.2, 0) is 17.5 Å². The average molecular weight is 417 g/mol. The van der Waals surface area contributed by atoms with Crippen LogP contribution in [0.5, 0.6) is 5.75 Å². The van der Waals surface area contributed by atoms with Gasteiger partial charge < -0.3 is 22.1 Å². The van der Waals surface area contributed by atoms with Crippen LogP contribution in [0.25, 0.3) is 0 Å². The van der Waals surface area contributed by atoms with Crippen molar-refractivity contribution < 1.29 is 22.1 Å². The molecule has 1 aromatic carbocycles. The Morgan fingerprint density at radius 2 is 1.17 bits per heavy atom. The van der Waals surface area contributed by atoms with Crippen LogP contribution in [0.2, 0.25) is 0 Å². The summed E-state index contributed by atoms with van der Waals surface area (Å²) in [5.41, 5.74) is 1.34. The minimum Gasteiger partial charge on any atom is -1.00 e. The Kier molecular flexibility index (Phi) is 17.6. The molecule has 3 heteroatoms. The van der Waals surface area contributed by atoms with Gasteiger partial charge in [0.1, 0.15) is 17.3 Å². The first kappa shape index (κ1) is 23.9. The van der Waals surface area contributed by atoms with E-state index < -0.39 is 0 Å². The molecule has 0 aromatic heterocycles. The lowest BCUT2D eigenvalue weighted by molar-refractivity contribution is -0.00000598. The van der Waals surface area contributed by atoms with Crippen LogP contribution < -0.4 is 17.0 Å². The Hall–Kier alpha value is -0.150. The molecule has 0 spiro atoms. The summed E-state index contributed by atoms with van der Waals surface area (Å²) in [6.45, 7) is 2.28. The van der Waals surface area contributed by atoms with E-state index in [-0.39, 0.29) is 17.0 Å². The molecule has 1 nitrogen and oxygen atoms in total. The highest BCUT2D eigenvalue weighted by molar-refractivity contribution is 7.77. The van der Waals surface area contributed by atoms with Crippen molar-refractivity contribution in [2.24, 2.45) is 0 Å². The standard InChI is InChI=1S/C21H36OS.BrH/c1-2-3-4-5-6-7-8-9-10-11-12-13-18-23-19-20-14-16-21(22)17-15-20;/h14-17,22H,2-13,18-19H2,1H3;1H. The van der Waals surface area contributed by atoms with Crippen LogP contribution in [0, 0.1) is 0 Å². The van der Waals surface area contributed by atoms with Crippen molar-refractivity contribution in [2.45, 2.75) is 89.7 Å². The molecule has 0 aliphatic heterocycles. The van der Waals surface area contributed by atoms with Gasteiger partial charge in [0.15, 0.2) is 0 Å². The molecule has 1 aromatic rings. The molecule has 140 valence electrons. The van der Waals surface area contributed by atoms with E-state index >= 15 is 0 Å². The predicted molar refractivity (Wildman–Crippen MR) is 107 cm³/mol. The molecule has 0 bridgehead atoms. The number of phenols is 1. The van der Waals surface area contributed by atoms with E-state index in [0.717, 1.165) is 5.75 Å². The molecule has 0 radical (unpaired) electrons. The molecule has 0 fully saturated rings.